The average Bonchev–Trinajstić information content (AvgIpc) is 3.12. The van der Waals surface area contributed by atoms with E-state index in [4.69, 9.17) is 5.73 Å². The van der Waals surface area contributed by atoms with Crippen molar-refractivity contribution in [3.8, 4) is 0 Å². The SMILES string of the molecule is Nc1c(C(=O)NCCCn2cccn2)sc2cccnc12. The van der Waals surface area contributed by atoms with Crippen molar-refractivity contribution in [2.24, 2.45) is 0 Å². The van der Waals surface area contributed by atoms with E-state index in [2.05, 4.69) is 15.4 Å². The lowest BCUT2D eigenvalue weighted by Gasteiger charge is -2.04. The summed E-state index contributed by atoms with van der Waals surface area (Å²) in [5, 5.41) is 7.00. The molecule has 0 radical (unpaired) electrons. The van der Waals surface area contributed by atoms with Crippen molar-refractivity contribution in [2.75, 3.05) is 12.3 Å². The van der Waals surface area contributed by atoms with E-state index in [9.17, 15) is 4.79 Å². The maximum atomic E-state index is 12.2. The van der Waals surface area contributed by atoms with Crippen LogP contribution in [0.1, 0.15) is 16.1 Å². The predicted octanol–water partition coefficient (Wildman–Crippen LogP) is 1.90. The lowest BCUT2D eigenvalue weighted by Crippen LogP contribution is -2.25. The second-order valence-corrected chi connectivity index (χ2v) is 5.63. The van der Waals surface area contributed by atoms with Gasteiger partial charge in [0.1, 0.15) is 10.4 Å². The molecule has 0 spiro atoms. The monoisotopic (exact) mass is 301 g/mol. The van der Waals surface area contributed by atoms with Gasteiger partial charge in [-0.25, -0.2) is 0 Å². The van der Waals surface area contributed by atoms with Gasteiger partial charge in [0.2, 0.25) is 0 Å². The van der Waals surface area contributed by atoms with E-state index in [-0.39, 0.29) is 5.91 Å². The van der Waals surface area contributed by atoms with Crippen LogP contribution in [0.3, 0.4) is 0 Å². The van der Waals surface area contributed by atoms with E-state index in [1.807, 2.05) is 29.1 Å². The number of amides is 1. The number of thiophene rings is 1. The third kappa shape index (κ3) is 2.87. The Balaban J connectivity index is 1.60. The number of pyridine rings is 1. The molecule has 7 heteroatoms. The molecule has 3 aromatic rings. The van der Waals surface area contributed by atoms with Crippen LogP contribution in [0.5, 0.6) is 0 Å². The number of nitrogens with zero attached hydrogens (tertiary/aromatic N) is 3. The normalized spacial score (nSPS) is 10.9. The van der Waals surface area contributed by atoms with E-state index in [1.54, 1.807) is 12.4 Å². The van der Waals surface area contributed by atoms with Gasteiger partial charge in [-0.15, -0.1) is 11.3 Å². The van der Waals surface area contributed by atoms with Crippen molar-refractivity contribution in [1.82, 2.24) is 20.1 Å². The Morgan fingerprint density at radius 3 is 3.05 bits per heavy atom. The standard InChI is InChI=1S/C14H15N5OS/c15-11-12-10(4-1-5-16-12)21-13(11)14(20)17-6-2-8-19-9-3-7-18-19/h1,3-5,7,9H,2,6,8,15H2,(H,17,20). The largest absolute Gasteiger partial charge is 0.396 e. The number of anilines is 1. The van der Waals surface area contributed by atoms with Gasteiger partial charge in [0.25, 0.3) is 5.91 Å². The molecule has 0 unspecified atom stereocenters. The Labute approximate surface area is 125 Å². The molecule has 0 saturated heterocycles. The number of hydrogen-bond donors (Lipinski definition) is 2. The molecule has 108 valence electrons. The second kappa shape index (κ2) is 5.92. The van der Waals surface area contributed by atoms with Crippen molar-refractivity contribution in [2.45, 2.75) is 13.0 Å². The number of hydrogen-bond acceptors (Lipinski definition) is 5. The summed E-state index contributed by atoms with van der Waals surface area (Å²) in [5.41, 5.74) is 7.15. The highest BCUT2D eigenvalue weighted by molar-refractivity contribution is 7.21. The fraction of sp³-hybridized carbons (Fsp3) is 0.214. The van der Waals surface area contributed by atoms with Crippen LogP contribution in [-0.2, 0) is 6.54 Å². The number of carbonyl (C=O) groups is 1. The van der Waals surface area contributed by atoms with Crippen LogP contribution in [0.4, 0.5) is 5.69 Å². The zero-order chi connectivity index (χ0) is 14.7. The van der Waals surface area contributed by atoms with Crippen LogP contribution < -0.4 is 11.1 Å². The number of aromatic nitrogens is 3. The fourth-order valence-corrected chi connectivity index (χ4v) is 3.07. The molecular formula is C14H15N5OS. The lowest BCUT2D eigenvalue weighted by atomic mass is 10.3. The first-order valence-electron chi connectivity index (χ1n) is 6.64. The van der Waals surface area contributed by atoms with Gasteiger partial charge < -0.3 is 11.1 Å². The first-order valence-corrected chi connectivity index (χ1v) is 7.46. The molecule has 0 aromatic carbocycles. The molecule has 3 aromatic heterocycles. The molecule has 0 aliphatic rings. The zero-order valence-electron chi connectivity index (χ0n) is 11.3. The minimum atomic E-state index is -0.143. The predicted molar refractivity (Wildman–Crippen MR) is 83.2 cm³/mol. The van der Waals surface area contributed by atoms with Gasteiger partial charge in [0.05, 0.1) is 10.4 Å². The topological polar surface area (TPSA) is 85.8 Å². The first-order chi connectivity index (χ1) is 10.3. The van der Waals surface area contributed by atoms with Gasteiger partial charge in [-0.3, -0.25) is 14.5 Å². The molecule has 0 bridgehead atoms. The van der Waals surface area contributed by atoms with Crippen molar-refractivity contribution >= 4 is 33.1 Å². The van der Waals surface area contributed by atoms with Crippen molar-refractivity contribution < 1.29 is 4.79 Å². The molecular weight excluding hydrogens is 286 g/mol. The van der Waals surface area contributed by atoms with Crippen molar-refractivity contribution in [3.05, 3.63) is 41.7 Å². The summed E-state index contributed by atoms with van der Waals surface area (Å²) < 4.78 is 2.76. The third-order valence-corrected chi connectivity index (χ3v) is 4.26. The van der Waals surface area contributed by atoms with Gasteiger partial charge in [-0.1, -0.05) is 0 Å². The molecule has 0 saturated carbocycles. The molecule has 6 nitrogen and oxygen atoms in total. The first kappa shape index (κ1) is 13.6. The maximum Gasteiger partial charge on any atom is 0.263 e. The molecule has 3 N–H and O–H groups in total. The Hall–Kier alpha value is -2.41. The van der Waals surface area contributed by atoms with Crippen molar-refractivity contribution in [1.29, 1.82) is 0 Å². The van der Waals surface area contributed by atoms with Gasteiger partial charge in [-0.2, -0.15) is 5.10 Å². The van der Waals surface area contributed by atoms with Crippen LogP contribution in [0.2, 0.25) is 0 Å². The van der Waals surface area contributed by atoms with Gasteiger partial charge in [0.15, 0.2) is 0 Å². The summed E-state index contributed by atoms with van der Waals surface area (Å²) in [6.07, 6.45) is 6.13. The Morgan fingerprint density at radius 1 is 1.38 bits per heavy atom. The van der Waals surface area contributed by atoms with Crippen LogP contribution in [0.25, 0.3) is 10.2 Å². The van der Waals surface area contributed by atoms with Crippen molar-refractivity contribution in [3.63, 3.8) is 0 Å². The molecule has 0 atom stereocenters. The molecule has 0 aliphatic carbocycles. The third-order valence-electron chi connectivity index (χ3n) is 3.10. The van der Waals surface area contributed by atoms with Gasteiger partial charge in [0, 0.05) is 31.7 Å². The van der Waals surface area contributed by atoms with E-state index in [0.29, 0.717) is 22.6 Å². The fourth-order valence-electron chi connectivity index (χ4n) is 2.07. The lowest BCUT2D eigenvalue weighted by molar-refractivity contribution is 0.0957. The average molecular weight is 301 g/mol. The van der Waals surface area contributed by atoms with Crippen LogP contribution >= 0.6 is 11.3 Å². The van der Waals surface area contributed by atoms with Gasteiger partial charge in [-0.05, 0) is 24.6 Å². The number of nitrogen functional groups attached to an aromatic ring is 1. The molecule has 0 fully saturated rings. The highest BCUT2D eigenvalue weighted by Crippen LogP contribution is 2.31. The van der Waals surface area contributed by atoms with Gasteiger partial charge >= 0.3 is 0 Å². The molecule has 0 aliphatic heterocycles. The maximum absolute atomic E-state index is 12.2. The molecule has 3 rings (SSSR count). The number of carbonyl (C=O) groups excluding carboxylic acids is 1. The quantitative estimate of drug-likeness (QED) is 0.705. The zero-order valence-corrected chi connectivity index (χ0v) is 12.1. The minimum absolute atomic E-state index is 0.143. The number of aryl methyl sites for hydroxylation is 1. The number of fused-ring (bicyclic) bond motifs is 1. The number of nitrogens with two attached hydrogens (primary N) is 1. The smallest absolute Gasteiger partial charge is 0.263 e. The van der Waals surface area contributed by atoms with E-state index in [1.165, 1.54) is 11.3 Å². The Bertz CT molecular complexity index is 750. The summed E-state index contributed by atoms with van der Waals surface area (Å²) in [6, 6.07) is 5.63. The Kier molecular flexibility index (Phi) is 3.83. The van der Waals surface area contributed by atoms with E-state index >= 15 is 0 Å². The minimum Gasteiger partial charge on any atom is -0.396 e. The van der Waals surface area contributed by atoms with Crippen LogP contribution in [0.15, 0.2) is 36.8 Å². The molecule has 1 amide bonds. The summed E-state index contributed by atoms with van der Waals surface area (Å²) in [5.74, 6) is -0.143. The highest BCUT2D eigenvalue weighted by Gasteiger charge is 2.16. The number of rotatable bonds is 5. The summed E-state index contributed by atoms with van der Waals surface area (Å²) >= 11 is 1.37. The summed E-state index contributed by atoms with van der Waals surface area (Å²) in [6.45, 7) is 1.36. The number of nitrogens with one attached hydrogen (secondary N) is 1. The summed E-state index contributed by atoms with van der Waals surface area (Å²) in [4.78, 5) is 16.9. The van der Waals surface area contributed by atoms with E-state index < -0.39 is 0 Å². The highest BCUT2D eigenvalue weighted by atomic mass is 32.1. The van der Waals surface area contributed by atoms with E-state index in [0.717, 1.165) is 17.7 Å². The molecule has 21 heavy (non-hydrogen) atoms. The summed E-state index contributed by atoms with van der Waals surface area (Å²) in [7, 11) is 0. The molecule has 3 heterocycles. The van der Waals surface area contributed by atoms with Crippen LogP contribution in [0, 0.1) is 0 Å². The van der Waals surface area contributed by atoms with Crippen LogP contribution in [-0.4, -0.2) is 27.2 Å². The Morgan fingerprint density at radius 2 is 2.29 bits per heavy atom. The second-order valence-electron chi connectivity index (χ2n) is 4.57.